The van der Waals surface area contributed by atoms with Crippen molar-refractivity contribution in [3.63, 3.8) is 0 Å². The molecule has 1 aromatic carbocycles. The molecule has 0 aromatic heterocycles. The molecule has 0 radical (unpaired) electrons. The van der Waals surface area contributed by atoms with Crippen LogP contribution in [0.4, 0.5) is 4.39 Å². The Morgan fingerprint density at radius 3 is 2.58 bits per heavy atom. The lowest BCUT2D eigenvalue weighted by molar-refractivity contribution is 0.485. The molecule has 4 nitrogen and oxygen atoms in total. The van der Waals surface area contributed by atoms with E-state index in [1.165, 1.54) is 29.6 Å². The lowest BCUT2D eigenvalue weighted by atomic mass is 10.2. The summed E-state index contributed by atoms with van der Waals surface area (Å²) in [7, 11) is -2.01. The normalized spacial score (nSPS) is 12.1. The Labute approximate surface area is 114 Å². The van der Waals surface area contributed by atoms with Gasteiger partial charge < -0.3 is 5.32 Å². The molecule has 0 fully saturated rings. The molecule has 0 spiro atoms. The van der Waals surface area contributed by atoms with Gasteiger partial charge in [0.15, 0.2) is 0 Å². The first-order valence-electron chi connectivity index (χ1n) is 6.39. The average Bonchev–Trinajstić information content (AvgIpc) is 2.39. The van der Waals surface area contributed by atoms with Gasteiger partial charge in [0.2, 0.25) is 10.0 Å². The van der Waals surface area contributed by atoms with Gasteiger partial charge in [-0.25, -0.2) is 17.1 Å². The van der Waals surface area contributed by atoms with E-state index in [-0.39, 0.29) is 10.7 Å². The molecular weight excluding hydrogens is 267 g/mol. The predicted molar refractivity (Wildman–Crippen MR) is 73.9 cm³/mol. The summed E-state index contributed by atoms with van der Waals surface area (Å²) in [5.74, 6) is -0.387. The lowest BCUT2D eigenvalue weighted by Gasteiger charge is -2.15. The molecule has 0 saturated carbocycles. The zero-order chi connectivity index (χ0) is 14.5. The molecular formula is C13H21FN2O2S. The van der Waals surface area contributed by atoms with Crippen LogP contribution in [0.25, 0.3) is 0 Å². The Balaban J connectivity index is 3.02. The van der Waals surface area contributed by atoms with Crippen LogP contribution in [0.1, 0.15) is 25.8 Å². The first-order chi connectivity index (χ1) is 8.93. The number of sulfonamides is 1. The highest BCUT2D eigenvalue weighted by molar-refractivity contribution is 7.89. The summed E-state index contributed by atoms with van der Waals surface area (Å²) in [6.45, 7) is 5.25. The summed E-state index contributed by atoms with van der Waals surface area (Å²) < 4.78 is 39.1. The summed E-state index contributed by atoms with van der Waals surface area (Å²) in [5, 5.41) is 3.07. The van der Waals surface area contributed by atoms with Gasteiger partial charge in [-0.1, -0.05) is 13.8 Å². The minimum atomic E-state index is -3.52. The molecule has 0 saturated heterocycles. The van der Waals surface area contributed by atoms with Crippen molar-refractivity contribution >= 4 is 10.0 Å². The van der Waals surface area contributed by atoms with Crippen molar-refractivity contribution in [2.45, 2.75) is 31.7 Å². The topological polar surface area (TPSA) is 49.4 Å². The molecule has 0 bridgehead atoms. The number of hydrogen-bond acceptors (Lipinski definition) is 3. The number of benzene rings is 1. The Kier molecular flexibility index (Phi) is 5.90. The van der Waals surface area contributed by atoms with Crippen LogP contribution in [-0.2, 0) is 16.6 Å². The second-order valence-electron chi connectivity index (χ2n) is 4.35. The van der Waals surface area contributed by atoms with E-state index >= 15 is 0 Å². The van der Waals surface area contributed by atoms with Gasteiger partial charge >= 0.3 is 0 Å². The second-order valence-corrected chi connectivity index (χ2v) is 6.39. The van der Waals surface area contributed by atoms with Crippen molar-refractivity contribution in [3.8, 4) is 0 Å². The maximum atomic E-state index is 13.6. The van der Waals surface area contributed by atoms with E-state index < -0.39 is 10.0 Å². The maximum absolute atomic E-state index is 13.6. The fourth-order valence-electron chi connectivity index (χ4n) is 1.60. The molecule has 0 atom stereocenters. The van der Waals surface area contributed by atoms with Gasteiger partial charge in [-0.3, -0.25) is 0 Å². The Morgan fingerprint density at radius 2 is 2.00 bits per heavy atom. The van der Waals surface area contributed by atoms with E-state index in [1.807, 2.05) is 6.92 Å². The van der Waals surface area contributed by atoms with Crippen molar-refractivity contribution in [3.05, 3.63) is 29.6 Å². The molecule has 0 aliphatic heterocycles. The van der Waals surface area contributed by atoms with Crippen LogP contribution in [-0.4, -0.2) is 32.9 Å². The average molecular weight is 288 g/mol. The number of hydrogen-bond donors (Lipinski definition) is 1. The molecule has 0 unspecified atom stereocenters. The van der Waals surface area contributed by atoms with Crippen molar-refractivity contribution in [2.75, 3.05) is 20.1 Å². The van der Waals surface area contributed by atoms with Gasteiger partial charge in [0.05, 0.1) is 4.90 Å². The fraction of sp³-hybridized carbons (Fsp3) is 0.538. The summed E-state index contributed by atoms with van der Waals surface area (Å²) in [4.78, 5) is 0.131. The lowest BCUT2D eigenvalue weighted by Crippen LogP contribution is -2.26. The third kappa shape index (κ3) is 3.99. The number of halogens is 1. The molecule has 1 N–H and O–H groups in total. The van der Waals surface area contributed by atoms with Crippen molar-refractivity contribution in [1.29, 1.82) is 0 Å². The summed E-state index contributed by atoms with van der Waals surface area (Å²) >= 11 is 0. The van der Waals surface area contributed by atoms with Gasteiger partial charge in [0, 0.05) is 25.7 Å². The fourth-order valence-corrected chi connectivity index (χ4v) is 2.83. The van der Waals surface area contributed by atoms with E-state index in [9.17, 15) is 12.8 Å². The Hall–Kier alpha value is -0.980. The molecule has 6 heteroatoms. The third-order valence-corrected chi connectivity index (χ3v) is 4.84. The zero-order valence-corrected chi connectivity index (χ0v) is 12.4. The smallest absolute Gasteiger partial charge is 0.242 e. The van der Waals surface area contributed by atoms with E-state index in [0.29, 0.717) is 18.7 Å². The SMILES string of the molecule is CCCNCc1cc(S(=O)(=O)N(C)CC)ccc1F. The molecule has 0 aliphatic rings. The molecule has 0 aliphatic carbocycles. The van der Waals surface area contributed by atoms with Crippen LogP contribution in [0, 0.1) is 5.82 Å². The largest absolute Gasteiger partial charge is 0.313 e. The molecule has 0 heterocycles. The zero-order valence-electron chi connectivity index (χ0n) is 11.6. The van der Waals surface area contributed by atoms with E-state index in [0.717, 1.165) is 13.0 Å². The van der Waals surface area contributed by atoms with Gasteiger partial charge in [-0.2, -0.15) is 0 Å². The van der Waals surface area contributed by atoms with E-state index in [1.54, 1.807) is 6.92 Å². The van der Waals surface area contributed by atoms with Crippen molar-refractivity contribution in [2.24, 2.45) is 0 Å². The standard InChI is InChI=1S/C13H21FN2O2S/c1-4-8-15-10-11-9-12(6-7-13(11)14)19(17,18)16(3)5-2/h6-7,9,15H,4-5,8,10H2,1-3H3. The Bertz CT molecular complexity index is 517. The first-order valence-corrected chi connectivity index (χ1v) is 7.83. The highest BCUT2D eigenvalue weighted by Crippen LogP contribution is 2.18. The highest BCUT2D eigenvalue weighted by atomic mass is 32.2. The van der Waals surface area contributed by atoms with Crippen molar-refractivity contribution < 1.29 is 12.8 Å². The van der Waals surface area contributed by atoms with Crippen LogP contribution in [0.2, 0.25) is 0 Å². The second kappa shape index (κ2) is 6.98. The Morgan fingerprint density at radius 1 is 1.32 bits per heavy atom. The maximum Gasteiger partial charge on any atom is 0.242 e. The summed E-state index contributed by atoms with van der Waals surface area (Å²) in [6.07, 6.45) is 0.943. The van der Waals surface area contributed by atoms with E-state index in [2.05, 4.69) is 5.32 Å². The quantitative estimate of drug-likeness (QED) is 0.780. The van der Waals surface area contributed by atoms with Crippen molar-refractivity contribution in [1.82, 2.24) is 9.62 Å². The minimum absolute atomic E-state index is 0.131. The van der Waals surface area contributed by atoms with Gasteiger partial charge in [0.1, 0.15) is 5.82 Å². The molecule has 0 amide bonds. The van der Waals surface area contributed by atoms with Gasteiger partial charge in [0.25, 0.3) is 0 Å². The molecule has 1 aromatic rings. The van der Waals surface area contributed by atoms with Gasteiger partial charge in [-0.15, -0.1) is 0 Å². The van der Waals surface area contributed by atoms with E-state index in [4.69, 9.17) is 0 Å². The summed E-state index contributed by atoms with van der Waals surface area (Å²) in [5.41, 5.74) is 0.374. The van der Waals surface area contributed by atoms with Gasteiger partial charge in [-0.05, 0) is 31.2 Å². The monoisotopic (exact) mass is 288 g/mol. The van der Waals surface area contributed by atoms with Crippen LogP contribution in [0.3, 0.4) is 0 Å². The van der Waals surface area contributed by atoms with Crippen LogP contribution in [0.15, 0.2) is 23.1 Å². The van der Waals surface area contributed by atoms with Crippen LogP contribution >= 0.6 is 0 Å². The van der Waals surface area contributed by atoms with Crippen LogP contribution in [0.5, 0.6) is 0 Å². The number of nitrogens with one attached hydrogen (secondary N) is 1. The first kappa shape index (κ1) is 16.1. The third-order valence-electron chi connectivity index (χ3n) is 2.91. The molecule has 19 heavy (non-hydrogen) atoms. The highest BCUT2D eigenvalue weighted by Gasteiger charge is 2.20. The number of rotatable bonds is 7. The summed E-state index contributed by atoms with van der Waals surface area (Å²) in [6, 6.07) is 3.92. The molecule has 108 valence electrons. The van der Waals surface area contributed by atoms with Crippen LogP contribution < -0.4 is 5.32 Å². The minimum Gasteiger partial charge on any atom is -0.313 e. The number of nitrogens with zero attached hydrogens (tertiary/aromatic N) is 1. The predicted octanol–water partition coefficient (Wildman–Crippen LogP) is 1.97. The molecule has 1 rings (SSSR count).